The molecule has 3 rings (SSSR count). The van der Waals surface area contributed by atoms with Crippen LogP contribution in [0.25, 0.3) is 0 Å². The number of halogens is 1. The second-order valence-corrected chi connectivity index (χ2v) is 8.52. The Morgan fingerprint density at radius 2 is 2.13 bits per heavy atom. The van der Waals surface area contributed by atoms with E-state index in [2.05, 4.69) is 10.3 Å². The van der Waals surface area contributed by atoms with Crippen molar-refractivity contribution in [3.05, 3.63) is 24.1 Å². The van der Waals surface area contributed by atoms with Crippen LogP contribution < -0.4 is 10.8 Å². The second-order valence-electron chi connectivity index (χ2n) is 8.52. The molecule has 1 saturated heterocycles. The Kier molecular flexibility index (Phi) is 7.02. The summed E-state index contributed by atoms with van der Waals surface area (Å²) in [5.41, 5.74) is 1.60. The summed E-state index contributed by atoms with van der Waals surface area (Å²) in [5, 5.41) is 11.3. The fourth-order valence-electron chi connectivity index (χ4n) is 4.21. The number of hydroxylamine groups is 1. The van der Waals surface area contributed by atoms with E-state index in [1.165, 1.54) is 18.3 Å². The molecule has 1 aliphatic heterocycles. The number of amides is 3. The van der Waals surface area contributed by atoms with Gasteiger partial charge in [-0.05, 0) is 49.1 Å². The van der Waals surface area contributed by atoms with E-state index in [1.54, 1.807) is 10.4 Å². The topological polar surface area (TPSA) is 112 Å². The zero-order valence-electron chi connectivity index (χ0n) is 17.2. The first kappa shape index (κ1) is 22.1. The van der Waals surface area contributed by atoms with Gasteiger partial charge in [-0.15, -0.1) is 0 Å². The van der Waals surface area contributed by atoms with E-state index in [0.717, 1.165) is 25.7 Å². The van der Waals surface area contributed by atoms with Crippen LogP contribution in [0.15, 0.2) is 18.3 Å². The summed E-state index contributed by atoms with van der Waals surface area (Å²) in [6.07, 6.45) is 6.53. The maximum absolute atomic E-state index is 13.9. The molecule has 30 heavy (non-hydrogen) atoms. The van der Waals surface area contributed by atoms with E-state index in [1.807, 2.05) is 6.92 Å². The third kappa shape index (κ3) is 5.33. The molecule has 2 fully saturated rings. The molecule has 3 N–H and O–H groups in total. The SMILES string of the molecule is CCCC[C@@H](CC(=O)NO)CC(=O)N1CC2(CC2)C[C@H]1C(=O)Nc1ncccc1F. The molecule has 1 aliphatic carbocycles. The van der Waals surface area contributed by atoms with Gasteiger partial charge in [-0.1, -0.05) is 19.8 Å². The Bertz CT molecular complexity index is 799. The number of nitrogens with zero attached hydrogens (tertiary/aromatic N) is 2. The summed E-state index contributed by atoms with van der Waals surface area (Å²) in [7, 11) is 0. The maximum Gasteiger partial charge on any atom is 0.248 e. The highest BCUT2D eigenvalue weighted by Crippen LogP contribution is 2.55. The molecule has 8 nitrogen and oxygen atoms in total. The van der Waals surface area contributed by atoms with E-state index in [0.29, 0.717) is 19.4 Å². The van der Waals surface area contributed by atoms with Crippen molar-refractivity contribution in [3.8, 4) is 0 Å². The number of hydrogen-bond donors (Lipinski definition) is 3. The molecule has 1 saturated carbocycles. The van der Waals surface area contributed by atoms with Gasteiger partial charge in [0.25, 0.3) is 0 Å². The number of anilines is 1. The van der Waals surface area contributed by atoms with E-state index >= 15 is 0 Å². The molecular formula is C21H29FN4O4. The molecule has 164 valence electrons. The number of unbranched alkanes of at least 4 members (excludes halogenated alkanes) is 1. The number of carbonyl (C=O) groups is 3. The summed E-state index contributed by atoms with van der Waals surface area (Å²) >= 11 is 0. The maximum atomic E-state index is 13.9. The molecule has 0 aromatic carbocycles. The van der Waals surface area contributed by atoms with Crippen LogP contribution in [0.4, 0.5) is 10.2 Å². The summed E-state index contributed by atoms with van der Waals surface area (Å²) < 4.78 is 13.9. The van der Waals surface area contributed by atoms with E-state index < -0.39 is 23.7 Å². The van der Waals surface area contributed by atoms with Gasteiger partial charge in [0.1, 0.15) is 6.04 Å². The van der Waals surface area contributed by atoms with Crippen molar-refractivity contribution in [2.75, 3.05) is 11.9 Å². The van der Waals surface area contributed by atoms with Crippen LogP contribution in [0.1, 0.15) is 58.3 Å². The van der Waals surface area contributed by atoms with Gasteiger partial charge in [0.05, 0.1) is 0 Å². The summed E-state index contributed by atoms with van der Waals surface area (Å²) in [4.78, 5) is 43.0. The minimum atomic E-state index is -0.681. The molecular weight excluding hydrogens is 391 g/mol. The molecule has 2 atom stereocenters. The molecule has 0 unspecified atom stereocenters. The van der Waals surface area contributed by atoms with Gasteiger partial charge in [-0.3, -0.25) is 19.6 Å². The van der Waals surface area contributed by atoms with Crippen molar-refractivity contribution in [3.63, 3.8) is 0 Å². The van der Waals surface area contributed by atoms with Crippen molar-refractivity contribution < 1.29 is 24.0 Å². The lowest BCUT2D eigenvalue weighted by Crippen LogP contribution is -2.44. The quantitative estimate of drug-likeness (QED) is 0.420. The highest BCUT2D eigenvalue weighted by molar-refractivity contribution is 5.97. The van der Waals surface area contributed by atoms with Gasteiger partial charge >= 0.3 is 0 Å². The average molecular weight is 420 g/mol. The van der Waals surface area contributed by atoms with Gasteiger partial charge < -0.3 is 10.2 Å². The summed E-state index contributed by atoms with van der Waals surface area (Å²) in [6, 6.07) is 1.97. The van der Waals surface area contributed by atoms with Crippen molar-refractivity contribution >= 4 is 23.5 Å². The Hall–Kier alpha value is -2.55. The number of rotatable bonds is 9. The fraction of sp³-hybridized carbons (Fsp3) is 0.619. The smallest absolute Gasteiger partial charge is 0.248 e. The van der Waals surface area contributed by atoms with Crippen molar-refractivity contribution in [2.24, 2.45) is 11.3 Å². The Morgan fingerprint density at radius 3 is 2.77 bits per heavy atom. The lowest BCUT2D eigenvalue weighted by Gasteiger charge is -2.26. The third-order valence-corrected chi connectivity index (χ3v) is 6.12. The first-order chi connectivity index (χ1) is 14.4. The minimum Gasteiger partial charge on any atom is -0.330 e. The molecule has 0 radical (unpaired) electrons. The van der Waals surface area contributed by atoms with Gasteiger partial charge in [0.2, 0.25) is 17.7 Å². The predicted molar refractivity (Wildman–Crippen MR) is 107 cm³/mol. The van der Waals surface area contributed by atoms with Crippen LogP contribution in [-0.2, 0) is 14.4 Å². The molecule has 1 aromatic heterocycles. The normalized spacial score (nSPS) is 20.1. The predicted octanol–water partition coefficient (Wildman–Crippen LogP) is 2.63. The first-order valence-corrected chi connectivity index (χ1v) is 10.5. The highest BCUT2D eigenvalue weighted by Gasteiger charge is 2.55. The van der Waals surface area contributed by atoms with Crippen molar-refractivity contribution in [1.82, 2.24) is 15.4 Å². The number of carbonyl (C=O) groups excluding carboxylic acids is 3. The lowest BCUT2D eigenvalue weighted by molar-refractivity contribution is -0.138. The van der Waals surface area contributed by atoms with Crippen LogP contribution in [0.5, 0.6) is 0 Å². The zero-order chi connectivity index (χ0) is 21.7. The van der Waals surface area contributed by atoms with Crippen LogP contribution in [0.2, 0.25) is 0 Å². The van der Waals surface area contributed by atoms with Gasteiger partial charge in [0, 0.05) is 25.6 Å². The highest BCUT2D eigenvalue weighted by atomic mass is 19.1. The molecule has 2 aliphatic rings. The number of pyridine rings is 1. The summed E-state index contributed by atoms with van der Waals surface area (Å²) in [5.74, 6) is -2.14. The molecule has 2 heterocycles. The number of nitrogens with one attached hydrogen (secondary N) is 2. The Labute approximate surface area is 175 Å². The lowest BCUT2D eigenvalue weighted by atomic mass is 9.94. The third-order valence-electron chi connectivity index (χ3n) is 6.12. The standard InChI is InChI=1S/C21H29FN4O4/c1-2-3-5-14(10-17(27)25-30)11-18(28)26-13-21(7-8-21)12-16(26)20(29)24-19-15(22)6-4-9-23-19/h4,6,9,14,16,30H,2-3,5,7-8,10-13H2,1H3,(H,25,27)(H,23,24,29)/t14-,16-/m0/s1. The van der Waals surface area contributed by atoms with Crippen LogP contribution >= 0.6 is 0 Å². The molecule has 9 heteroatoms. The van der Waals surface area contributed by atoms with Gasteiger partial charge in [-0.2, -0.15) is 0 Å². The van der Waals surface area contributed by atoms with E-state index in [4.69, 9.17) is 5.21 Å². The Morgan fingerprint density at radius 1 is 1.37 bits per heavy atom. The van der Waals surface area contributed by atoms with Crippen molar-refractivity contribution in [1.29, 1.82) is 0 Å². The number of aromatic nitrogens is 1. The average Bonchev–Trinajstić information content (AvgIpc) is 3.37. The molecule has 3 amide bonds. The van der Waals surface area contributed by atoms with Gasteiger partial charge in [-0.25, -0.2) is 14.9 Å². The first-order valence-electron chi connectivity index (χ1n) is 10.5. The van der Waals surface area contributed by atoms with E-state index in [9.17, 15) is 18.8 Å². The largest absolute Gasteiger partial charge is 0.330 e. The van der Waals surface area contributed by atoms with Crippen LogP contribution in [-0.4, -0.2) is 45.4 Å². The number of likely N-dealkylation sites (tertiary alicyclic amines) is 1. The second kappa shape index (κ2) is 9.51. The monoisotopic (exact) mass is 420 g/mol. The summed E-state index contributed by atoms with van der Waals surface area (Å²) in [6.45, 7) is 2.53. The van der Waals surface area contributed by atoms with E-state index in [-0.39, 0.29) is 35.9 Å². The molecule has 1 spiro atoms. The molecule has 1 aromatic rings. The zero-order valence-corrected chi connectivity index (χ0v) is 17.2. The molecule has 0 bridgehead atoms. The van der Waals surface area contributed by atoms with Crippen molar-refractivity contribution in [2.45, 2.75) is 64.3 Å². The van der Waals surface area contributed by atoms with Crippen LogP contribution in [0, 0.1) is 17.2 Å². The Balaban J connectivity index is 1.69. The van der Waals surface area contributed by atoms with Gasteiger partial charge in [0.15, 0.2) is 11.6 Å². The fourth-order valence-corrected chi connectivity index (χ4v) is 4.21. The minimum absolute atomic E-state index is 0.0261. The number of hydrogen-bond acceptors (Lipinski definition) is 5. The van der Waals surface area contributed by atoms with Crippen LogP contribution in [0.3, 0.4) is 0 Å².